The number of benzene rings is 1. The van der Waals surface area contributed by atoms with Crippen LogP contribution in [0.15, 0.2) is 27.8 Å². The van der Waals surface area contributed by atoms with E-state index in [1.54, 1.807) is 4.90 Å². The molecule has 0 fully saturated rings. The van der Waals surface area contributed by atoms with Crippen molar-refractivity contribution in [3.05, 3.63) is 31.8 Å². The van der Waals surface area contributed by atoms with Crippen molar-refractivity contribution in [1.82, 2.24) is 4.90 Å². The standard InChI is InChI=1S/C12H15BrIN3O2/c1-2-5-17(7-11(15)16-19)12(18)9-6-8(14)3-4-10(9)13/h3-4,6,19H,2,5,7H2,1H3,(H2,15,16). The molecule has 1 amide bonds. The van der Waals surface area contributed by atoms with Gasteiger partial charge >= 0.3 is 0 Å². The molecule has 5 nitrogen and oxygen atoms in total. The summed E-state index contributed by atoms with van der Waals surface area (Å²) >= 11 is 5.53. The van der Waals surface area contributed by atoms with E-state index in [0.717, 1.165) is 14.5 Å². The summed E-state index contributed by atoms with van der Waals surface area (Å²) in [4.78, 5) is 14.0. The van der Waals surface area contributed by atoms with E-state index in [0.29, 0.717) is 12.1 Å². The second kappa shape index (κ2) is 7.68. The minimum absolute atomic E-state index is 0.0172. The van der Waals surface area contributed by atoms with Crippen molar-refractivity contribution >= 4 is 50.3 Å². The van der Waals surface area contributed by atoms with E-state index in [2.05, 4.69) is 43.7 Å². The highest BCUT2D eigenvalue weighted by atomic mass is 127. The van der Waals surface area contributed by atoms with E-state index in [4.69, 9.17) is 10.9 Å². The van der Waals surface area contributed by atoms with Crippen LogP contribution in [0, 0.1) is 3.57 Å². The fraction of sp³-hybridized carbons (Fsp3) is 0.333. The molecule has 1 rings (SSSR count). The molecule has 104 valence electrons. The van der Waals surface area contributed by atoms with Crippen LogP contribution < -0.4 is 5.73 Å². The van der Waals surface area contributed by atoms with Gasteiger partial charge in [-0.2, -0.15) is 0 Å². The van der Waals surface area contributed by atoms with Crippen molar-refractivity contribution in [2.75, 3.05) is 13.1 Å². The van der Waals surface area contributed by atoms with Crippen LogP contribution in [-0.4, -0.2) is 34.9 Å². The molecular weight excluding hydrogens is 425 g/mol. The monoisotopic (exact) mass is 439 g/mol. The smallest absolute Gasteiger partial charge is 0.255 e. The average molecular weight is 440 g/mol. The Kier molecular flexibility index (Phi) is 6.56. The highest BCUT2D eigenvalue weighted by Gasteiger charge is 2.19. The fourth-order valence-electron chi connectivity index (χ4n) is 1.58. The fourth-order valence-corrected chi connectivity index (χ4v) is 2.49. The molecule has 0 aromatic heterocycles. The molecule has 1 aromatic carbocycles. The number of hydrogen-bond acceptors (Lipinski definition) is 3. The minimum Gasteiger partial charge on any atom is -0.409 e. The van der Waals surface area contributed by atoms with E-state index in [1.165, 1.54) is 0 Å². The first-order chi connectivity index (χ1) is 8.99. The highest BCUT2D eigenvalue weighted by molar-refractivity contribution is 14.1. The zero-order chi connectivity index (χ0) is 14.4. The summed E-state index contributed by atoms with van der Waals surface area (Å²) in [6.45, 7) is 2.63. The predicted octanol–water partition coefficient (Wildman–Crippen LogP) is 2.65. The molecule has 0 aliphatic rings. The van der Waals surface area contributed by atoms with Crippen molar-refractivity contribution in [3.63, 3.8) is 0 Å². The molecule has 0 aliphatic heterocycles. The first kappa shape index (κ1) is 16.2. The maximum atomic E-state index is 12.5. The van der Waals surface area contributed by atoms with Gasteiger partial charge in [-0.3, -0.25) is 4.79 Å². The van der Waals surface area contributed by atoms with Crippen LogP contribution in [0.25, 0.3) is 0 Å². The Morgan fingerprint density at radius 1 is 1.58 bits per heavy atom. The third-order valence-electron chi connectivity index (χ3n) is 2.42. The Labute approximate surface area is 134 Å². The number of nitrogens with zero attached hydrogens (tertiary/aromatic N) is 2. The number of rotatable bonds is 5. The summed E-state index contributed by atoms with van der Waals surface area (Å²) in [5, 5.41) is 11.5. The maximum Gasteiger partial charge on any atom is 0.255 e. The van der Waals surface area contributed by atoms with Crippen LogP contribution in [0.4, 0.5) is 0 Å². The Morgan fingerprint density at radius 2 is 2.26 bits per heavy atom. The number of halogens is 2. The zero-order valence-corrected chi connectivity index (χ0v) is 14.2. The third-order valence-corrected chi connectivity index (χ3v) is 3.78. The molecule has 0 saturated carbocycles. The van der Waals surface area contributed by atoms with Crippen LogP contribution in [0.2, 0.25) is 0 Å². The Balaban J connectivity index is 3.01. The minimum atomic E-state index is -0.140. The molecular formula is C12H15BrIN3O2. The summed E-state index contributed by atoms with van der Waals surface area (Å²) in [6, 6.07) is 5.56. The van der Waals surface area contributed by atoms with E-state index >= 15 is 0 Å². The van der Waals surface area contributed by atoms with Gasteiger partial charge in [0.05, 0.1) is 12.1 Å². The topological polar surface area (TPSA) is 78.9 Å². The van der Waals surface area contributed by atoms with E-state index in [-0.39, 0.29) is 18.3 Å². The summed E-state index contributed by atoms with van der Waals surface area (Å²) in [5.41, 5.74) is 6.06. The van der Waals surface area contributed by atoms with E-state index in [1.807, 2.05) is 25.1 Å². The van der Waals surface area contributed by atoms with E-state index in [9.17, 15) is 4.79 Å². The van der Waals surface area contributed by atoms with Crippen LogP contribution in [0.3, 0.4) is 0 Å². The van der Waals surface area contributed by atoms with Gasteiger partial charge in [-0.15, -0.1) is 0 Å². The summed E-state index contributed by atoms with van der Waals surface area (Å²) in [6.07, 6.45) is 0.798. The van der Waals surface area contributed by atoms with Gasteiger partial charge < -0.3 is 15.8 Å². The molecule has 0 bridgehead atoms. The number of oxime groups is 1. The quantitative estimate of drug-likeness (QED) is 0.243. The number of hydrogen-bond donors (Lipinski definition) is 2. The van der Waals surface area contributed by atoms with Crippen molar-refractivity contribution in [1.29, 1.82) is 0 Å². The first-order valence-corrected chi connectivity index (χ1v) is 7.57. The second-order valence-electron chi connectivity index (χ2n) is 3.94. The van der Waals surface area contributed by atoms with Crippen LogP contribution in [0.1, 0.15) is 23.7 Å². The normalized spacial score (nSPS) is 11.4. The number of carbonyl (C=O) groups excluding carboxylic acids is 1. The van der Waals surface area contributed by atoms with Gasteiger partial charge in [0, 0.05) is 14.6 Å². The zero-order valence-electron chi connectivity index (χ0n) is 10.4. The van der Waals surface area contributed by atoms with Gasteiger partial charge in [-0.25, -0.2) is 0 Å². The van der Waals surface area contributed by atoms with Crippen LogP contribution in [0.5, 0.6) is 0 Å². The van der Waals surface area contributed by atoms with Gasteiger partial charge in [0.25, 0.3) is 5.91 Å². The SMILES string of the molecule is CCCN(C/C(N)=N/O)C(=O)c1cc(I)ccc1Br. The molecule has 3 N–H and O–H groups in total. The Bertz CT molecular complexity index is 494. The van der Waals surface area contributed by atoms with Crippen molar-refractivity contribution < 1.29 is 10.0 Å². The molecule has 0 atom stereocenters. The molecule has 19 heavy (non-hydrogen) atoms. The van der Waals surface area contributed by atoms with Crippen molar-refractivity contribution in [2.24, 2.45) is 10.9 Å². The Hall–Kier alpha value is -0.830. The lowest BCUT2D eigenvalue weighted by molar-refractivity contribution is 0.0777. The van der Waals surface area contributed by atoms with Gasteiger partial charge in [0.1, 0.15) is 0 Å². The van der Waals surface area contributed by atoms with Gasteiger partial charge in [-0.1, -0.05) is 12.1 Å². The number of amidine groups is 1. The van der Waals surface area contributed by atoms with Crippen LogP contribution >= 0.6 is 38.5 Å². The molecule has 0 saturated heterocycles. The lowest BCUT2D eigenvalue weighted by Crippen LogP contribution is -2.39. The predicted molar refractivity (Wildman–Crippen MR) is 86.5 cm³/mol. The van der Waals surface area contributed by atoms with Crippen molar-refractivity contribution in [3.8, 4) is 0 Å². The van der Waals surface area contributed by atoms with E-state index < -0.39 is 0 Å². The lowest BCUT2D eigenvalue weighted by Gasteiger charge is -2.22. The highest BCUT2D eigenvalue weighted by Crippen LogP contribution is 2.21. The van der Waals surface area contributed by atoms with Gasteiger partial charge in [0.15, 0.2) is 5.84 Å². The summed E-state index contributed by atoms with van der Waals surface area (Å²) in [5.74, 6) is -0.123. The Morgan fingerprint density at radius 3 is 2.84 bits per heavy atom. The molecule has 0 radical (unpaired) electrons. The molecule has 0 spiro atoms. The second-order valence-corrected chi connectivity index (χ2v) is 6.04. The lowest BCUT2D eigenvalue weighted by atomic mass is 10.2. The number of nitrogens with two attached hydrogens (primary N) is 1. The summed E-state index contributed by atoms with van der Waals surface area (Å²) < 4.78 is 1.71. The molecule has 7 heteroatoms. The molecule has 0 unspecified atom stereocenters. The largest absolute Gasteiger partial charge is 0.409 e. The maximum absolute atomic E-state index is 12.5. The van der Waals surface area contributed by atoms with Gasteiger partial charge in [-0.05, 0) is 63.1 Å². The third kappa shape index (κ3) is 4.64. The number of carbonyl (C=O) groups is 1. The molecule has 1 aromatic rings. The first-order valence-electron chi connectivity index (χ1n) is 5.70. The average Bonchev–Trinajstić information content (AvgIpc) is 2.40. The molecule has 0 heterocycles. The number of amides is 1. The van der Waals surface area contributed by atoms with Crippen LogP contribution in [-0.2, 0) is 0 Å². The molecule has 0 aliphatic carbocycles. The van der Waals surface area contributed by atoms with Crippen molar-refractivity contribution in [2.45, 2.75) is 13.3 Å². The summed E-state index contributed by atoms with van der Waals surface area (Å²) in [7, 11) is 0. The van der Waals surface area contributed by atoms with Gasteiger partial charge in [0.2, 0.25) is 0 Å².